The molecule has 0 amide bonds. The first-order valence-electron chi connectivity index (χ1n) is 25.5. The number of carboxylic acids is 1. The van der Waals surface area contributed by atoms with Gasteiger partial charge < -0.3 is 9.84 Å². The topological polar surface area (TPSA) is 63.6 Å². The molecule has 0 unspecified atom stereocenters. The van der Waals surface area contributed by atoms with Crippen molar-refractivity contribution in [3.05, 3.63) is 0 Å². The maximum absolute atomic E-state index is 11.9. The second kappa shape index (κ2) is 49.1. The molecule has 0 aromatic heterocycles. The molecule has 4 heteroatoms. The molecule has 0 aliphatic rings. The summed E-state index contributed by atoms with van der Waals surface area (Å²) in [5.74, 6) is -0.628. The van der Waals surface area contributed by atoms with E-state index in [4.69, 9.17) is 9.84 Å². The van der Waals surface area contributed by atoms with Gasteiger partial charge in [0.1, 0.15) is 0 Å². The third-order valence-corrected chi connectivity index (χ3v) is 12.0. The van der Waals surface area contributed by atoms with Gasteiger partial charge >= 0.3 is 11.9 Å². The Morgan fingerprint density at radius 1 is 0.291 bits per heavy atom. The standard InChI is InChI=1S/C51H100O4/c1-2-3-4-5-6-35-39-42-45-48-51(54)55-49-46-43-40-37-34-32-30-28-26-24-22-20-18-16-14-12-10-8-7-9-11-13-15-17-19-21-23-25-27-29-31-33-36-38-41-44-47-50(52)53/h2-49H2,1H3,(H,52,53). The van der Waals surface area contributed by atoms with Gasteiger partial charge in [0.2, 0.25) is 0 Å². The van der Waals surface area contributed by atoms with E-state index in [1.54, 1.807) is 0 Å². The highest BCUT2D eigenvalue weighted by Crippen LogP contribution is 2.18. The number of esters is 1. The predicted molar refractivity (Wildman–Crippen MR) is 241 cm³/mol. The summed E-state index contributed by atoms with van der Waals surface area (Å²) in [6.45, 7) is 2.90. The zero-order chi connectivity index (χ0) is 39.8. The largest absolute Gasteiger partial charge is 0.481 e. The molecule has 0 bridgehead atoms. The molecule has 0 spiro atoms. The number of ether oxygens (including phenoxy) is 1. The van der Waals surface area contributed by atoms with E-state index >= 15 is 0 Å². The number of rotatable bonds is 49. The van der Waals surface area contributed by atoms with Crippen LogP contribution in [0.25, 0.3) is 0 Å². The van der Waals surface area contributed by atoms with Crippen LogP contribution >= 0.6 is 0 Å². The second-order valence-corrected chi connectivity index (χ2v) is 17.7. The summed E-state index contributed by atoms with van der Waals surface area (Å²) in [4.78, 5) is 22.4. The Morgan fingerprint density at radius 3 is 0.727 bits per heavy atom. The van der Waals surface area contributed by atoms with Gasteiger partial charge in [-0.3, -0.25) is 9.59 Å². The number of aliphatic carboxylic acids is 1. The second-order valence-electron chi connectivity index (χ2n) is 17.7. The van der Waals surface area contributed by atoms with Crippen LogP contribution in [0, 0.1) is 0 Å². The number of carboxylic acid groups (broad SMARTS) is 1. The van der Waals surface area contributed by atoms with E-state index in [1.165, 1.54) is 263 Å². The third-order valence-electron chi connectivity index (χ3n) is 12.0. The highest BCUT2D eigenvalue weighted by atomic mass is 16.5. The lowest BCUT2D eigenvalue weighted by molar-refractivity contribution is -0.144. The molecular weight excluding hydrogens is 677 g/mol. The van der Waals surface area contributed by atoms with Crippen LogP contribution in [-0.2, 0) is 14.3 Å². The molecular formula is C51H100O4. The van der Waals surface area contributed by atoms with Gasteiger partial charge in [0.05, 0.1) is 6.61 Å². The number of carbonyl (C=O) groups is 2. The number of unbranched alkanes of at least 4 members (excludes halogenated alkanes) is 43. The van der Waals surface area contributed by atoms with E-state index in [0.717, 1.165) is 25.7 Å². The number of carbonyl (C=O) groups excluding carboxylic acids is 1. The molecule has 0 aromatic rings. The zero-order valence-electron chi connectivity index (χ0n) is 37.6. The van der Waals surface area contributed by atoms with E-state index in [1.807, 2.05) is 0 Å². The van der Waals surface area contributed by atoms with Crippen LogP contribution in [0.4, 0.5) is 0 Å². The molecule has 1 N–H and O–H groups in total. The Balaban J connectivity index is 3.11. The third kappa shape index (κ3) is 50.9. The van der Waals surface area contributed by atoms with Gasteiger partial charge in [-0.25, -0.2) is 0 Å². The summed E-state index contributed by atoms with van der Waals surface area (Å²) in [6.07, 6.45) is 62.0. The van der Waals surface area contributed by atoms with Crippen LogP contribution in [0.5, 0.6) is 0 Å². The molecule has 0 fully saturated rings. The van der Waals surface area contributed by atoms with E-state index in [9.17, 15) is 9.59 Å². The molecule has 0 radical (unpaired) electrons. The van der Waals surface area contributed by atoms with Crippen molar-refractivity contribution in [2.75, 3.05) is 6.61 Å². The Kier molecular flexibility index (Phi) is 48.1. The van der Waals surface area contributed by atoms with E-state index in [-0.39, 0.29) is 5.97 Å². The quantitative estimate of drug-likeness (QED) is 0.0494. The Bertz CT molecular complexity index is 736. The van der Waals surface area contributed by atoms with Gasteiger partial charge in [-0.05, 0) is 19.3 Å². The van der Waals surface area contributed by atoms with Gasteiger partial charge in [0, 0.05) is 12.8 Å². The summed E-state index contributed by atoms with van der Waals surface area (Å²) < 4.78 is 5.45. The van der Waals surface area contributed by atoms with Crippen LogP contribution in [0.15, 0.2) is 0 Å². The lowest BCUT2D eigenvalue weighted by Gasteiger charge is -2.06. The first-order chi connectivity index (χ1) is 27.2. The maximum Gasteiger partial charge on any atom is 0.305 e. The highest BCUT2D eigenvalue weighted by molar-refractivity contribution is 5.69. The van der Waals surface area contributed by atoms with Gasteiger partial charge in [-0.15, -0.1) is 0 Å². The van der Waals surface area contributed by atoms with Crippen molar-refractivity contribution in [2.45, 2.75) is 309 Å². The summed E-state index contributed by atoms with van der Waals surface area (Å²) in [6, 6.07) is 0. The monoisotopic (exact) mass is 777 g/mol. The molecule has 0 saturated carbocycles. The number of hydrogen-bond acceptors (Lipinski definition) is 3. The Labute approximate surface area is 345 Å². The fourth-order valence-corrected chi connectivity index (χ4v) is 8.23. The highest BCUT2D eigenvalue weighted by Gasteiger charge is 2.03. The van der Waals surface area contributed by atoms with Gasteiger partial charge in [-0.1, -0.05) is 277 Å². The Morgan fingerprint density at radius 2 is 0.491 bits per heavy atom. The van der Waals surface area contributed by atoms with Crippen molar-refractivity contribution in [2.24, 2.45) is 0 Å². The summed E-state index contributed by atoms with van der Waals surface area (Å²) in [5, 5.41) is 8.66. The van der Waals surface area contributed by atoms with Crippen LogP contribution in [-0.4, -0.2) is 23.7 Å². The number of hydrogen-bond donors (Lipinski definition) is 1. The summed E-state index contributed by atoms with van der Waals surface area (Å²) in [5.41, 5.74) is 0. The van der Waals surface area contributed by atoms with Crippen LogP contribution < -0.4 is 0 Å². The van der Waals surface area contributed by atoms with Crippen molar-refractivity contribution >= 4 is 11.9 Å². The van der Waals surface area contributed by atoms with Crippen molar-refractivity contribution in [1.82, 2.24) is 0 Å². The minimum atomic E-state index is -0.650. The molecule has 4 nitrogen and oxygen atoms in total. The van der Waals surface area contributed by atoms with Crippen LogP contribution in [0.2, 0.25) is 0 Å². The average Bonchev–Trinajstić information content (AvgIpc) is 3.18. The SMILES string of the molecule is CCCCCCCCCCCC(=O)OCCCCCCCCCCCCCCCCCCCCCCCCCCCCCCCCCCCCCCC(=O)O. The van der Waals surface area contributed by atoms with E-state index < -0.39 is 5.97 Å². The fraction of sp³-hybridized carbons (Fsp3) is 0.961. The molecule has 328 valence electrons. The van der Waals surface area contributed by atoms with Gasteiger partial charge in [0.25, 0.3) is 0 Å². The van der Waals surface area contributed by atoms with Crippen molar-refractivity contribution in [1.29, 1.82) is 0 Å². The van der Waals surface area contributed by atoms with Gasteiger partial charge in [-0.2, -0.15) is 0 Å². The molecule has 0 aliphatic heterocycles. The fourth-order valence-electron chi connectivity index (χ4n) is 8.23. The molecule has 55 heavy (non-hydrogen) atoms. The predicted octanol–water partition coefficient (Wildman–Crippen LogP) is 18.0. The molecule has 0 heterocycles. The Hall–Kier alpha value is -1.06. The zero-order valence-corrected chi connectivity index (χ0v) is 37.6. The minimum Gasteiger partial charge on any atom is -0.481 e. The first kappa shape index (κ1) is 53.9. The van der Waals surface area contributed by atoms with Crippen molar-refractivity contribution < 1.29 is 19.4 Å². The molecule has 0 rings (SSSR count). The summed E-state index contributed by atoms with van der Waals surface area (Å²) >= 11 is 0. The van der Waals surface area contributed by atoms with Crippen molar-refractivity contribution in [3.8, 4) is 0 Å². The van der Waals surface area contributed by atoms with Crippen molar-refractivity contribution in [3.63, 3.8) is 0 Å². The minimum absolute atomic E-state index is 0.0219. The van der Waals surface area contributed by atoms with Crippen LogP contribution in [0.3, 0.4) is 0 Å². The smallest absolute Gasteiger partial charge is 0.305 e. The average molecular weight is 777 g/mol. The van der Waals surface area contributed by atoms with Gasteiger partial charge in [0.15, 0.2) is 0 Å². The molecule has 0 saturated heterocycles. The first-order valence-corrected chi connectivity index (χ1v) is 25.5. The lowest BCUT2D eigenvalue weighted by Crippen LogP contribution is -2.05. The summed E-state index contributed by atoms with van der Waals surface area (Å²) in [7, 11) is 0. The van der Waals surface area contributed by atoms with E-state index in [0.29, 0.717) is 19.4 Å². The maximum atomic E-state index is 11.9. The lowest BCUT2D eigenvalue weighted by atomic mass is 10.0. The van der Waals surface area contributed by atoms with Crippen LogP contribution in [0.1, 0.15) is 309 Å². The van der Waals surface area contributed by atoms with E-state index in [2.05, 4.69) is 6.92 Å². The molecule has 0 atom stereocenters. The normalized spacial score (nSPS) is 11.4. The molecule has 0 aliphatic carbocycles. The molecule has 0 aromatic carbocycles.